The summed E-state index contributed by atoms with van der Waals surface area (Å²) in [6.45, 7) is 0.185. The summed E-state index contributed by atoms with van der Waals surface area (Å²) in [5, 5.41) is 0. The molecular formula is C26H26N2O6. The number of imide groups is 1. The van der Waals surface area contributed by atoms with Crippen molar-refractivity contribution < 1.29 is 28.7 Å². The standard InChI is InChI=1S/C26H26N2O6/c1-33-22-12-5-4-11-21(22)27-15-16(13-23(27)29)26(32)34-18-8-6-7-17(14-18)28-24(30)19-9-2-3-10-20(19)25(28)31/h4-8,11-12,14,16,19-20H,2-3,9-10,13,15H2,1H3/t16-,19-,20+/m1/s1. The van der Waals surface area contributed by atoms with Crippen molar-refractivity contribution >= 4 is 35.1 Å². The SMILES string of the molecule is COc1ccccc1N1C[C@H](C(=O)Oc2cccc(N3C(=O)[C@H]4CCCC[C@H]4C3=O)c2)CC1=O. The van der Waals surface area contributed by atoms with E-state index in [2.05, 4.69) is 0 Å². The summed E-state index contributed by atoms with van der Waals surface area (Å²) >= 11 is 0. The summed E-state index contributed by atoms with van der Waals surface area (Å²) < 4.78 is 10.9. The molecule has 5 rings (SSSR count). The largest absolute Gasteiger partial charge is 0.495 e. The van der Waals surface area contributed by atoms with Gasteiger partial charge in [-0.2, -0.15) is 0 Å². The number of nitrogens with zero attached hydrogens (tertiary/aromatic N) is 2. The van der Waals surface area contributed by atoms with Crippen LogP contribution in [-0.2, 0) is 19.2 Å². The molecule has 0 radical (unpaired) electrons. The van der Waals surface area contributed by atoms with Gasteiger partial charge in [0.25, 0.3) is 0 Å². The van der Waals surface area contributed by atoms with Crippen molar-refractivity contribution in [1.82, 2.24) is 0 Å². The first-order chi connectivity index (χ1) is 16.5. The van der Waals surface area contributed by atoms with Crippen LogP contribution in [-0.4, -0.2) is 37.3 Å². The van der Waals surface area contributed by atoms with Gasteiger partial charge in [-0.3, -0.25) is 19.2 Å². The first-order valence-corrected chi connectivity index (χ1v) is 11.6. The first-order valence-electron chi connectivity index (χ1n) is 11.6. The smallest absolute Gasteiger partial charge is 0.316 e. The van der Waals surface area contributed by atoms with Crippen molar-refractivity contribution in [2.45, 2.75) is 32.1 Å². The van der Waals surface area contributed by atoms with E-state index in [1.807, 2.05) is 6.07 Å². The number of para-hydroxylation sites is 2. The van der Waals surface area contributed by atoms with Crippen LogP contribution in [0.1, 0.15) is 32.1 Å². The number of esters is 1. The number of ether oxygens (including phenoxy) is 2. The number of amides is 3. The minimum Gasteiger partial charge on any atom is -0.495 e. The van der Waals surface area contributed by atoms with Gasteiger partial charge in [-0.15, -0.1) is 0 Å². The van der Waals surface area contributed by atoms with E-state index < -0.39 is 11.9 Å². The van der Waals surface area contributed by atoms with Crippen molar-refractivity contribution in [2.24, 2.45) is 17.8 Å². The maximum Gasteiger partial charge on any atom is 0.316 e. The van der Waals surface area contributed by atoms with Crippen molar-refractivity contribution in [2.75, 3.05) is 23.5 Å². The molecule has 176 valence electrons. The van der Waals surface area contributed by atoms with E-state index in [0.717, 1.165) is 25.7 Å². The molecule has 0 N–H and O–H groups in total. The predicted molar refractivity (Wildman–Crippen MR) is 123 cm³/mol. The topological polar surface area (TPSA) is 93.2 Å². The molecule has 2 aliphatic heterocycles. The maximum atomic E-state index is 12.9. The fraction of sp³-hybridized carbons (Fsp3) is 0.385. The molecule has 8 heteroatoms. The molecule has 3 atom stereocenters. The van der Waals surface area contributed by atoms with Gasteiger partial charge in [-0.1, -0.05) is 31.0 Å². The molecule has 0 aromatic heterocycles. The minimum atomic E-state index is -0.640. The van der Waals surface area contributed by atoms with Crippen molar-refractivity contribution in [3.8, 4) is 11.5 Å². The Bertz CT molecular complexity index is 1140. The van der Waals surface area contributed by atoms with E-state index in [9.17, 15) is 19.2 Å². The monoisotopic (exact) mass is 462 g/mol. The van der Waals surface area contributed by atoms with Crippen LogP contribution in [0, 0.1) is 17.8 Å². The van der Waals surface area contributed by atoms with E-state index in [-0.39, 0.29) is 48.3 Å². The molecule has 2 aromatic carbocycles. The average Bonchev–Trinajstić information content (AvgIpc) is 3.36. The molecule has 0 spiro atoms. The van der Waals surface area contributed by atoms with Gasteiger partial charge in [-0.05, 0) is 37.1 Å². The van der Waals surface area contributed by atoms with Gasteiger partial charge in [0.1, 0.15) is 11.5 Å². The second kappa shape index (κ2) is 8.93. The number of benzene rings is 2. The third-order valence-electron chi connectivity index (χ3n) is 6.97. The quantitative estimate of drug-likeness (QED) is 0.384. The number of fused-ring (bicyclic) bond motifs is 1. The Hall–Kier alpha value is -3.68. The van der Waals surface area contributed by atoms with Crippen LogP contribution >= 0.6 is 0 Å². The lowest BCUT2D eigenvalue weighted by Crippen LogP contribution is -2.31. The van der Waals surface area contributed by atoms with Gasteiger partial charge in [0.15, 0.2) is 0 Å². The van der Waals surface area contributed by atoms with Crippen LogP contribution in [0.5, 0.6) is 11.5 Å². The van der Waals surface area contributed by atoms with Gasteiger partial charge in [-0.25, -0.2) is 4.90 Å². The fourth-order valence-corrected chi connectivity index (χ4v) is 5.25. The molecule has 8 nitrogen and oxygen atoms in total. The molecule has 3 aliphatic rings. The van der Waals surface area contributed by atoms with Crippen molar-refractivity contribution in [3.05, 3.63) is 48.5 Å². The Morgan fingerprint density at radius 3 is 2.35 bits per heavy atom. The lowest BCUT2D eigenvalue weighted by atomic mass is 9.81. The van der Waals surface area contributed by atoms with Gasteiger partial charge in [0.05, 0.1) is 36.2 Å². The molecule has 1 saturated carbocycles. The zero-order valence-electron chi connectivity index (χ0n) is 18.9. The van der Waals surface area contributed by atoms with Crippen LogP contribution in [0.2, 0.25) is 0 Å². The van der Waals surface area contributed by atoms with Crippen LogP contribution in [0.25, 0.3) is 0 Å². The zero-order valence-corrected chi connectivity index (χ0v) is 18.9. The molecule has 0 bridgehead atoms. The Morgan fingerprint density at radius 2 is 1.65 bits per heavy atom. The van der Waals surface area contributed by atoms with E-state index in [1.54, 1.807) is 42.5 Å². The van der Waals surface area contributed by atoms with Crippen LogP contribution in [0.4, 0.5) is 11.4 Å². The highest BCUT2D eigenvalue weighted by Crippen LogP contribution is 2.40. The molecule has 0 unspecified atom stereocenters. The van der Waals surface area contributed by atoms with Gasteiger partial charge in [0, 0.05) is 19.0 Å². The summed E-state index contributed by atoms with van der Waals surface area (Å²) in [4.78, 5) is 54.1. The molecular weight excluding hydrogens is 436 g/mol. The summed E-state index contributed by atoms with van der Waals surface area (Å²) in [5.41, 5.74) is 1.02. The number of anilines is 2. The third kappa shape index (κ3) is 3.83. The maximum absolute atomic E-state index is 12.9. The molecule has 3 amide bonds. The third-order valence-corrected chi connectivity index (χ3v) is 6.97. The summed E-state index contributed by atoms with van der Waals surface area (Å²) in [6, 6.07) is 13.6. The highest BCUT2D eigenvalue weighted by molar-refractivity contribution is 6.22. The predicted octanol–water partition coefficient (Wildman–Crippen LogP) is 3.33. The second-order valence-corrected chi connectivity index (χ2v) is 9.01. The second-order valence-electron chi connectivity index (χ2n) is 9.01. The van der Waals surface area contributed by atoms with Crippen LogP contribution in [0.15, 0.2) is 48.5 Å². The Kier molecular flexibility index (Phi) is 5.81. The number of rotatable bonds is 5. The van der Waals surface area contributed by atoms with E-state index in [0.29, 0.717) is 17.1 Å². The van der Waals surface area contributed by atoms with Crippen molar-refractivity contribution in [3.63, 3.8) is 0 Å². The highest BCUT2D eigenvalue weighted by Gasteiger charge is 2.48. The molecule has 2 aromatic rings. The number of hydrogen-bond acceptors (Lipinski definition) is 6. The van der Waals surface area contributed by atoms with E-state index in [4.69, 9.17) is 9.47 Å². The van der Waals surface area contributed by atoms with Gasteiger partial charge >= 0.3 is 5.97 Å². The van der Waals surface area contributed by atoms with Crippen molar-refractivity contribution in [1.29, 1.82) is 0 Å². The molecule has 1 aliphatic carbocycles. The Morgan fingerprint density at radius 1 is 0.941 bits per heavy atom. The number of carbonyl (C=O) groups is 4. The Labute approximate surface area is 197 Å². The normalized spacial score (nSPS) is 24.4. The highest BCUT2D eigenvalue weighted by atomic mass is 16.5. The number of carbonyl (C=O) groups excluding carboxylic acids is 4. The molecule has 34 heavy (non-hydrogen) atoms. The minimum absolute atomic E-state index is 0.0308. The number of hydrogen-bond donors (Lipinski definition) is 0. The zero-order chi connectivity index (χ0) is 23.8. The summed E-state index contributed by atoms with van der Waals surface area (Å²) in [7, 11) is 1.53. The molecule has 2 heterocycles. The van der Waals surface area contributed by atoms with Crippen LogP contribution in [0.3, 0.4) is 0 Å². The first kappa shape index (κ1) is 22.1. The van der Waals surface area contributed by atoms with Crippen LogP contribution < -0.4 is 19.3 Å². The summed E-state index contributed by atoms with van der Waals surface area (Å²) in [6.07, 6.45) is 3.41. The lowest BCUT2D eigenvalue weighted by molar-refractivity contribution is -0.139. The van der Waals surface area contributed by atoms with Gasteiger partial charge < -0.3 is 14.4 Å². The number of methoxy groups -OCH3 is 1. The molecule has 2 saturated heterocycles. The lowest BCUT2D eigenvalue weighted by Gasteiger charge is -2.19. The molecule has 3 fully saturated rings. The fourth-order valence-electron chi connectivity index (χ4n) is 5.25. The van der Waals surface area contributed by atoms with Gasteiger partial charge in [0.2, 0.25) is 17.7 Å². The Balaban J connectivity index is 1.30. The average molecular weight is 463 g/mol. The van der Waals surface area contributed by atoms with E-state index in [1.165, 1.54) is 16.9 Å². The van der Waals surface area contributed by atoms with E-state index >= 15 is 0 Å². The summed E-state index contributed by atoms with van der Waals surface area (Å²) in [5.74, 6) is -1.42.